The van der Waals surface area contributed by atoms with Crippen LogP contribution in [0.3, 0.4) is 0 Å². The SMILES string of the molecule is CCCC(=O)OC1CC(=O)C=C2CC[C@@H]3[C@H]([C@@H](O)C[C@@]4(C)[C@H]3CC[C@]4(O)C(C)=O)[C@]21C. The summed E-state index contributed by atoms with van der Waals surface area (Å²) >= 11 is 0. The van der Waals surface area contributed by atoms with Gasteiger partial charge in [-0.3, -0.25) is 14.4 Å². The predicted molar refractivity (Wildman–Crippen MR) is 114 cm³/mol. The van der Waals surface area contributed by atoms with Gasteiger partial charge in [0.05, 0.1) is 6.10 Å². The highest BCUT2D eigenvalue weighted by molar-refractivity contribution is 5.92. The van der Waals surface area contributed by atoms with Crippen LogP contribution in [0.5, 0.6) is 0 Å². The van der Waals surface area contributed by atoms with Gasteiger partial charge in [0.1, 0.15) is 11.7 Å². The summed E-state index contributed by atoms with van der Waals surface area (Å²) in [4.78, 5) is 37.2. The number of Topliss-reactive ketones (excluding diaryl/α,β-unsaturated/α-hetero) is 1. The molecule has 3 fully saturated rings. The number of fused-ring (bicyclic) bond motifs is 5. The van der Waals surface area contributed by atoms with E-state index < -0.39 is 28.6 Å². The molecule has 0 spiro atoms. The zero-order valence-corrected chi connectivity index (χ0v) is 19.1. The molecule has 2 N–H and O–H groups in total. The third-order valence-electron chi connectivity index (χ3n) is 9.44. The first-order valence-electron chi connectivity index (χ1n) is 11.8. The molecule has 172 valence electrons. The molecule has 0 radical (unpaired) electrons. The fourth-order valence-electron chi connectivity index (χ4n) is 7.87. The molecule has 1 unspecified atom stereocenters. The Morgan fingerprint density at radius 3 is 2.61 bits per heavy atom. The van der Waals surface area contributed by atoms with E-state index in [4.69, 9.17) is 4.74 Å². The molecule has 0 aromatic heterocycles. The summed E-state index contributed by atoms with van der Waals surface area (Å²) in [6.07, 6.45) is 4.53. The van der Waals surface area contributed by atoms with Gasteiger partial charge < -0.3 is 14.9 Å². The van der Waals surface area contributed by atoms with Crippen molar-refractivity contribution in [2.24, 2.45) is 28.6 Å². The largest absolute Gasteiger partial charge is 0.461 e. The first-order valence-corrected chi connectivity index (χ1v) is 11.8. The topological polar surface area (TPSA) is 101 Å². The second kappa shape index (κ2) is 7.51. The van der Waals surface area contributed by atoms with Crippen LogP contribution in [-0.2, 0) is 19.1 Å². The first kappa shape index (κ1) is 22.7. The summed E-state index contributed by atoms with van der Waals surface area (Å²) in [6, 6.07) is 0. The van der Waals surface area contributed by atoms with Crippen molar-refractivity contribution in [2.45, 2.75) is 96.9 Å². The smallest absolute Gasteiger partial charge is 0.306 e. The van der Waals surface area contributed by atoms with Gasteiger partial charge in [0.2, 0.25) is 0 Å². The van der Waals surface area contributed by atoms with Gasteiger partial charge in [-0.15, -0.1) is 0 Å². The number of ether oxygens (including phenoxy) is 1. The van der Waals surface area contributed by atoms with Gasteiger partial charge in [0, 0.05) is 29.6 Å². The van der Waals surface area contributed by atoms with E-state index in [2.05, 4.69) is 0 Å². The van der Waals surface area contributed by atoms with Crippen molar-refractivity contribution in [1.82, 2.24) is 0 Å². The fourth-order valence-corrected chi connectivity index (χ4v) is 7.87. The lowest BCUT2D eigenvalue weighted by molar-refractivity contribution is -0.196. The molecular weight excluding hydrogens is 396 g/mol. The molecule has 4 rings (SSSR count). The van der Waals surface area contributed by atoms with Gasteiger partial charge in [-0.05, 0) is 63.4 Å². The molecule has 3 saturated carbocycles. The first-order chi connectivity index (χ1) is 14.5. The van der Waals surface area contributed by atoms with Crippen molar-refractivity contribution in [2.75, 3.05) is 0 Å². The molecule has 0 saturated heterocycles. The van der Waals surface area contributed by atoms with Crippen LogP contribution in [0.4, 0.5) is 0 Å². The van der Waals surface area contributed by atoms with Crippen LogP contribution >= 0.6 is 0 Å². The number of ketones is 2. The Morgan fingerprint density at radius 2 is 1.97 bits per heavy atom. The summed E-state index contributed by atoms with van der Waals surface area (Å²) in [6.45, 7) is 7.37. The number of hydrogen-bond donors (Lipinski definition) is 2. The lowest BCUT2D eigenvalue weighted by Crippen LogP contribution is -2.63. The molecule has 4 aliphatic carbocycles. The fraction of sp³-hybridized carbons (Fsp3) is 0.800. The van der Waals surface area contributed by atoms with E-state index in [1.54, 1.807) is 6.08 Å². The molecule has 0 aromatic carbocycles. The van der Waals surface area contributed by atoms with E-state index >= 15 is 0 Å². The third-order valence-corrected chi connectivity index (χ3v) is 9.44. The summed E-state index contributed by atoms with van der Waals surface area (Å²) in [5.41, 5.74) is -1.72. The Morgan fingerprint density at radius 1 is 1.26 bits per heavy atom. The molecule has 0 amide bonds. The van der Waals surface area contributed by atoms with Crippen molar-refractivity contribution in [3.05, 3.63) is 11.6 Å². The maximum absolute atomic E-state index is 12.4. The Bertz CT molecular complexity index is 832. The molecule has 6 heteroatoms. The van der Waals surface area contributed by atoms with Gasteiger partial charge in [-0.1, -0.05) is 26.3 Å². The lowest BCUT2D eigenvalue weighted by Gasteiger charge is -2.61. The Balaban J connectivity index is 1.74. The highest BCUT2D eigenvalue weighted by atomic mass is 16.5. The van der Waals surface area contributed by atoms with Gasteiger partial charge >= 0.3 is 5.97 Å². The second-order valence-electron chi connectivity index (χ2n) is 10.8. The molecule has 4 aliphatic rings. The zero-order chi connectivity index (χ0) is 22.8. The van der Waals surface area contributed by atoms with Gasteiger partial charge in [-0.25, -0.2) is 0 Å². The molecule has 0 heterocycles. The van der Waals surface area contributed by atoms with Crippen LogP contribution in [0.1, 0.15) is 79.1 Å². The number of esters is 1. The van der Waals surface area contributed by atoms with E-state index in [9.17, 15) is 24.6 Å². The number of carbonyl (C=O) groups excluding carboxylic acids is 3. The molecule has 8 atom stereocenters. The highest BCUT2D eigenvalue weighted by Crippen LogP contribution is 2.67. The second-order valence-corrected chi connectivity index (χ2v) is 10.8. The van der Waals surface area contributed by atoms with Gasteiger partial charge in [0.15, 0.2) is 11.6 Å². The minimum absolute atomic E-state index is 0.0258. The molecular formula is C25H36O6. The van der Waals surface area contributed by atoms with Crippen molar-refractivity contribution >= 4 is 17.5 Å². The van der Waals surface area contributed by atoms with Crippen LogP contribution in [0.2, 0.25) is 0 Å². The van der Waals surface area contributed by atoms with Crippen LogP contribution in [0.15, 0.2) is 11.6 Å². The van der Waals surface area contributed by atoms with Crippen molar-refractivity contribution in [3.8, 4) is 0 Å². The van der Waals surface area contributed by atoms with Crippen LogP contribution in [0, 0.1) is 28.6 Å². The van der Waals surface area contributed by atoms with E-state index in [1.807, 2.05) is 20.8 Å². The summed E-state index contributed by atoms with van der Waals surface area (Å²) < 4.78 is 5.87. The molecule has 0 aliphatic heterocycles. The maximum atomic E-state index is 12.4. The van der Waals surface area contributed by atoms with Crippen LogP contribution in [-0.4, -0.2) is 45.6 Å². The zero-order valence-electron chi connectivity index (χ0n) is 19.1. The number of carbonyl (C=O) groups is 3. The van der Waals surface area contributed by atoms with Gasteiger partial charge in [-0.2, -0.15) is 0 Å². The summed E-state index contributed by atoms with van der Waals surface area (Å²) in [7, 11) is 0. The standard InChI is InChI=1S/C25H36O6/c1-5-6-21(29)31-20-12-16(27)11-15-7-8-17-18-9-10-25(30,14(2)26)23(18,3)13-19(28)22(17)24(15,20)4/h11,17-20,22,28,30H,5-10,12-13H2,1-4H3/t17-,18-,19-,20?,22+,23-,24+,25-/m0/s1. The lowest BCUT2D eigenvalue weighted by atomic mass is 9.45. The normalized spacial score (nSPS) is 46.5. The molecule has 0 bridgehead atoms. The third kappa shape index (κ3) is 3.08. The van der Waals surface area contributed by atoms with E-state index in [0.717, 1.165) is 18.4 Å². The van der Waals surface area contributed by atoms with E-state index in [-0.39, 0.29) is 41.7 Å². The molecule has 31 heavy (non-hydrogen) atoms. The average Bonchev–Trinajstić information content (AvgIpc) is 2.94. The van der Waals surface area contributed by atoms with E-state index in [1.165, 1.54) is 6.92 Å². The Hall–Kier alpha value is -1.53. The number of rotatable bonds is 4. The quantitative estimate of drug-likeness (QED) is 0.662. The Labute approximate surface area is 184 Å². The maximum Gasteiger partial charge on any atom is 0.306 e. The summed E-state index contributed by atoms with van der Waals surface area (Å²) in [5, 5.41) is 22.8. The number of aliphatic hydroxyl groups excluding tert-OH is 1. The Kier molecular flexibility index (Phi) is 5.49. The summed E-state index contributed by atoms with van der Waals surface area (Å²) in [5.74, 6) is -0.510. The molecule has 6 nitrogen and oxygen atoms in total. The van der Waals surface area contributed by atoms with Crippen LogP contribution < -0.4 is 0 Å². The van der Waals surface area contributed by atoms with Crippen molar-refractivity contribution in [1.29, 1.82) is 0 Å². The van der Waals surface area contributed by atoms with Crippen molar-refractivity contribution in [3.63, 3.8) is 0 Å². The van der Waals surface area contributed by atoms with Crippen LogP contribution in [0.25, 0.3) is 0 Å². The van der Waals surface area contributed by atoms with Gasteiger partial charge in [0.25, 0.3) is 0 Å². The number of hydrogen-bond acceptors (Lipinski definition) is 6. The number of aliphatic hydroxyl groups is 2. The minimum Gasteiger partial charge on any atom is -0.461 e. The predicted octanol–water partition coefficient (Wildman–Crippen LogP) is 3.13. The van der Waals surface area contributed by atoms with E-state index in [0.29, 0.717) is 32.1 Å². The van der Waals surface area contributed by atoms with Crippen molar-refractivity contribution < 1.29 is 29.3 Å². The molecule has 0 aromatic rings. The highest BCUT2D eigenvalue weighted by Gasteiger charge is 2.69. The monoisotopic (exact) mass is 432 g/mol. The minimum atomic E-state index is -1.41. The average molecular weight is 433 g/mol.